The Morgan fingerprint density at radius 3 is 2.66 bits per heavy atom. The first-order valence-corrected chi connectivity index (χ1v) is 11.5. The number of ether oxygens (including phenoxy) is 1. The summed E-state index contributed by atoms with van der Waals surface area (Å²) in [6.45, 7) is 2.04. The van der Waals surface area contributed by atoms with Crippen LogP contribution in [0.5, 0.6) is 5.75 Å². The Kier molecular flexibility index (Phi) is 8.41. The maximum absolute atomic E-state index is 12.7. The first-order valence-electron chi connectivity index (χ1n) is 10.4. The number of H-pyrrole nitrogens is 1. The molecule has 0 saturated carbocycles. The largest absolute Gasteiger partial charge is 0.497 e. The van der Waals surface area contributed by atoms with Crippen LogP contribution in [0.2, 0.25) is 0 Å². The fraction of sp³-hybridized carbons (Fsp3) is 0.304. The Morgan fingerprint density at radius 2 is 2.00 bits per heavy atom. The standard InChI is InChI=1S/C23H28N4O4S/c1-3-18-15-24-23(25-18)21(14-17-7-10-19(11-8-17)27-32(29)30)26-22(28)12-9-16-5-4-6-20(13-16)31-2/h4-8,10-11,13,15,21,27H,3,9,12,14H2,1-2H3,(H,24,25)(H,26,28)(H,29,30)/t21-/m0/s1. The molecule has 0 fully saturated rings. The summed E-state index contributed by atoms with van der Waals surface area (Å²) in [6.07, 6.45) is 4.09. The summed E-state index contributed by atoms with van der Waals surface area (Å²) in [5.41, 5.74) is 3.54. The molecule has 1 heterocycles. The smallest absolute Gasteiger partial charge is 0.259 e. The van der Waals surface area contributed by atoms with Crippen molar-refractivity contribution in [1.29, 1.82) is 0 Å². The van der Waals surface area contributed by atoms with Crippen LogP contribution in [0.1, 0.15) is 42.0 Å². The predicted octanol–water partition coefficient (Wildman–Crippen LogP) is 3.56. The molecule has 1 unspecified atom stereocenters. The molecule has 4 N–H and O–H groups in total. The number of aromatic amines is 1. The lowest BCUT2D eigenvalue weighted by Crippen LogP contribution is -2.31. The summed E-state index contributed by atoms with van der Waals surface area (Å²) in [7, 11) is 1.62. The third-order valence-electron chi connectivity index (χ3n) is 5.07. The van der Waals surface area contributed by atoms with Crippen LogP contribution in [-0.2, 0) is 35.3 Å². The summed E-state index contributed by atoms with van der Waals surface area (Å²) in [5, 5.41) is 3.10. The Balaban J connectivity index is 1.68. The van der Waals surface area contributed by atoms with Crippen molar-refractivity contribution in [1.82, 2.24) is 15.3 Å². The van der Waals surface area contributed by atoms with Gasteiger partial charge in [-0.25, -0.2) is 9.19 Å². The van der Waals surface area contributed by atoms with Gasteiger partial charge in [0.25, 0.3) is 11.3 Å². The number of nitrogens with one attached hydrogen (secondary N) is 3. The quantitative estimate of drug-likeness (QED) is 0.329. The van der Waals surface area contributed by atoms with E-state index < -0.39 is 11.3 Å². The molecule has 1 amide bonds. The van der Waals surface area contributed by atoms with E-state index in [0.717, 1.165) is 29.0 Å². The molecule has 0 aliphatic rings. The zero-order chi connectivity index (χ0) is 22.9. The Bertz CT molecular complexity index is 1050. The van der Waals surface area contributed by atoms with Gasteiger partial charge in [-0.05, 0) is 54.7 Å². The summed E-state index contributed by atoms with van der Waals surface area (Å²) < 4.78 is 27.5. The second-order valence-corrected chi connectivity index (χ2v) is 8.07. The van der Waals surface area contributed by atoms with E-state index in [1.807, 2.05) is 43.3 Å². The second kappa shape index (κ2) is 11.4. The van der Waals surface area contributed by atoms with Gasteiger partial charge in [-0.1, -0.05) is 31.2 Å². The molecule has 1 aromatic heterocycles. The van der Waals surface area contributed by atoms with Crippen molar-refractivity contribution < 1.29 is 18.3 Å². The topological polar surface area (TPSA) is 116 Å². The van der Waals surface area contributed by atoms with Crippen molar-refractivity contribution in [2.75, 3.05) is 11.8 Å². The van der Waals surface area contributed by atoms with Gasteiger partial charge >= 0.3 is 0 Å². The zero-order valence-corrected chi connectivity index (χ0v) is 18.9. The molecule has 32 heavy (non-hydrogen) atoms. The highest BCUT2D eigenvalue weighted by atomic mass is 32.2. The minimum atomic E-state index is -2.12. The number of rotatable bonds is 11. The molecule has 2 atom stereocenters. The van der Waals surface area contributed by atoms with Crippen LogP contribution in [0.4, 0.5) is 5.69 Å². The number of aryl methyl sites for hydroxylation is 2. The first kappa shape index (κ1) is 23.5. The molecular weight excluding hydrogens is 428 g/mol. The lowest BCUT2D eigenvalue weighted by molar-refractivity contribution is -0.121. The molecule has 170 valence electrons. The highest BCUT2D eigenvalue weighted by molar-refractivity contribution is 7.80. The van der Waals surface area contributed by atoms with E-state index >= 15 is 0 Å². The third kappa shape index (κ3) is 6.93. The van der Waals surface area contributed by atoms with E-state index in [2.05, 4.69) is 20.0 Å². The Hall–Kier alpha value is -3.17. The monoisotopic (exact) mass is 456 g/mol. The van der Waals surface area contributed by atoms with Crippen molar-refractivity contribution in [2.24, 2.45) is 0 Å². The number of amides is 1. The van der Waals surface area contributed by atoms with Crippen molar-refractivity contribution >= 4 is 22.9 Å². The molecule has 8 nitrogen and oxygen atoms in total. The predicted molar refractivity (Wildman–Crippen MR) is 125 cm³/mol. The van der Waals surface area contributed by atoms with E-state index in [9.17, 15) is 9.00 Å². The van der Waals surface area contributed by atoms with Gasteiger partial charge in [0, 0.05) is 24.0 Å². The van der Waals surface area contributed by atoms with Crippen LogP contribution in [0.3, 0.4) is 0 Å². The SMILES string of the molecule is CCc1cnc([C@H](Cc2ccc(NS(=O)O)cc2)NC(=O)CCc2cccc(OC)c2)[nH]1. The van der Waals surface area contributed by atoms with Crippen molar-refractivity contribution in [3.63, 3.8) is 0 Å². The number of hydrogen-bond donors (Lipinski definition) is 4. The molecule has 0 aliphatic heterocycles. The Labute approximate surface area is 190 Å². The number of nitrogens with zero attached hydrogens (tertiary/aromatic N) is 1. The van der Waals surface area contributed by atoms with E-state index in [4.69, 9.17) is 9.29 Å². The van der Waals surface area contributed by atoms with E-state index in [0.29, 0.717) is 30.8 Å². The highest BCUT2D eigenvalue weighted by Crippen LogP contribution is 2.19. The Morgan fingerprint density at radius 1 is 1.22 bits per heavy atom. The maximum atomic E-state index is 12.7. The summed E-state index contributed by atoms with van der Waals surface area (Å²) in [5.74, 6) is 1.41. The maximum Gasteiger partial charge on any atom is 0.259 e. The van der Waals surface area contributed by atoms with Crippen molar-refractivity contribution in [3.05, 3.63) is 77.4 Å². The van der Waals surface area contributed by atoms with Crippen LogP contribution >= 0.6 is 0 Å². The van der Waals surface area contributed by atoms with Gasteiger partial charge in [0.05, 0.1) is 13.2 Å². The number of anilines is 1. The highest BCUT2D eigenvalue weighted by Gasteiger charge is 2.19. The molecule has 0 spiro atoms. The normalized spacial score (nSPS) is 12.7. The number of benzene rings is 2. The molecule has 0 bridgehead atoms. The molecule has 0 saturated heterocycles. The molecule has 2 aromatic carbocycles. The average molecular weight is 457 g/mol. The van der Waals surface area contributed by atoms with Crippen LogP contribution < -0.4 is 14.8 Å². The van der Waals surface area contributed by atoms with Crippen LogP contribution in [0.25, 0.3) is 0 Å². The van der Waals surface area contributed by atoms with Gasteiger partial charge in [-0.15, -0.1) is 0 Å². The van der Waals surface area contributed by atoms with E-state index in [1.165, 1.54) is 0 Å². The summed E-state index contributed by atoms with van der Waals surface area (Å²) in [4.78, 5) is 20.5. The molecular formula is C23H28N4O4S. The fourth-order valence-electron chi connectivity index (χ4n) is 3.35. The molecule has 0 aliphatic carbocycles. The fourth-order valence-corrected chi connectivity index (χ4v) is 3.68. The molecule has 3 rings (SSSR count). The number of carbonyl (C=O) groups excluding carboxylic acids is 1. The first-order chi connectivity index (χ1) is 15.5. The molecule has 9 heteroatoms. The lowest BCUT2D eigenvalue weighted by atomic mass is 10.0. The van der Waals surface area contributed by atoms with Crippen LogP contribution in [-0.4, -0.2) is 31.7 Å². The van der Waals surface area contributed by atoms with Gasteiger partial charge in [-0.3, -0.25) is 14.1 Å². The van der Waals surface area contributed by atoms with Gasteiger partial charge in [-0.2, -0.15) is 0 Å². The number of aromatic nitrogens is 2. The van der Waals surface area contributed by atoms with Crippen LogP contribution in [0.15, 0.2) is 54.7 Å². The minimum absolute atomic E-state index is 0.0683. The molecule has 0 radical (unpaired) electrons. The lowest BCUT2D eigenvalue weighted by Gasteiger charge is -2.17. The summed E-state index contributed by atoms with van der Waals surface area (Å²) in [6, 6.07) is 14.5. The number of carbonyl (C=O) groups is 1. The number of hydrogen-bond acceptors (Lipinski definition) is 4. The number of imidazole rings is 1. The van der Waals surface area contributed by atoms with Gasteiger partial charge in [0.15, 0.2) is 0 Å². The van der Waals surface area contributed by atoms with Gasteiger partial charge in [0.1, 0.15) is 11.6 Å². The number of methoxy groups -OCH3 is 1. The van der Waals surface area contributed by atoms with Crippen LogP contribution in [0, 0.1) is 0 Å². The van der Waals surface area contributed by atoms with Crippen molar-refractivity contribution in [2.45, 2.75) is 38.6 Å². The third-order valence-corrected chi connectivity index (χ3v) is 5.48. The second-order valence-electron chi connectivity index (χ2n) is 7.37. The van der Waals surface area contributed by atoms with Gasteiger partial charge in [0.2, 0.25) is 5.91 Å². The van der Waals surface area contributed by atoms with E-state index in [-0.39, 0.29) is 11.9 Å². The van der Waals surface area contributed by atoms with Crippen molar-refractivity contribution in [3.8, 4) is 5.75 Å². The average Bonchev–Trinajstić information content (AvgIpc) is 3.28. The summed E-state index contributed by atoms with van der Waals surface area (Å²) >= 11 is -2.12. The van der Waals surface area contributed by atoms with E-state index in [1.54, 1.807) is 25.4 Å². The minimum Gasteiger partial charge on any atom is -0.497 e. The van der Waals surface area contributed by atoms with Gasteiger partial charge < -0.3 is 15.0 Å². The zero-order valence-electron chi connectivity index (χ0n) is 18.1. The molecule has 3 aromatic rings.